The first-order valence-corrected chi connectivity index (χ1v) is 8.41. The van der Waals surface area contributed by atoms with E-state index >= 15 is 0 Å². The number of rotatable bonds is 6. The molecule has 8 heteroatoms. The summed E-state index contributed by atoms with van der Waals surface area (Å²) in [5.74, 6) is 0.168. The fourth-order valence-electron chi connectivity index (χ4n) is 3.83. The fraction of sp³-hybridized carbons (Fsp3) is 0.750. The molecule has 2 unspecified atom stereocenters. The molecule has 1 aromatic rings. The molecule has 2 aliphatic carbocycles. The molecular formula is C16H24F2N4O2. The Kier molecular flexibility index (Phi) is 4.76. The van der Waals surface area contributed by atoms with Gasteiger partial charge in [-0.3, -0.25) is 4.57 Å². The van der Waals surface area contributed by atoms with Crippen molar-refractivity contribution in [2.45, 2.75) is 57.8 Å². The smallest absolute Gasteiger partial charge is 0.319 e. The number of nitrogens with one attached hydrogen (secondary N) is 1. The van der Waals surface area contributed by atoms with Crippen molar-refractivity contribution in [3.63, 3.8) is 0 Å². The molecule has 1 N–H and O–H groups in total. The Morgan fingerprint density at radius 3 is 2.92 bits per heavy atom. The monoisotopic (exact) mass is 342 g/mol. The third-order valence-electron chi connectivity index (χ3n) is 5.42. The van der Waals surface area contributed by atoms with Crippen molar-refractivity contribution in [3.05, 3.63) is 18.2 Å². The molecule has 2 saturated carbocycles. The Balaban J connectivity index is 1.56. The molecule has 0 bridgehead atoms. The lowest BCUT2D eigenvalue weighted by molar-refractivity contribution is -0.169. The van der Waals surface area contributed by atoms with Gasteiger partial charge in [0.05, 0.1) is 12.6 Å². The van der Waals surface area contributed by atoms with Crippen LogP contribution in [0.2, 0.25) is 0 Å². The van der Waals surface area contributed by atoms with Crippen molar-refractivity contribution in [3.8, 4) is 0 Å². The summed E-state index contributed by atoms with van der Waals surface area (Å²) in [5, 5.41) is 3.04. The molecule has 2 atom stereocenters. The van der Waals surface area contributed by atoms with Crippen LogP contribution in [0.1, 0.15) is 45.0 Å². The summed E-state index contributed by atoms with van der Waals surface area (Å²) in [6, 6.07) is -0.155. The van der Waals surface area contributed by atoms with Gasteiger partial charge in [0.25, 0.3) is 0 Å². The number of hydrogen-bond donors (Lipinski definition) is 1. The van der Waals surface area contributed by atoms with E-state index in [2.05, 4.69) is 10.3 Å². The highest BCUT2D eigenvalue weighted by molar-refractivity contribution is 5.74. The molecule has 1 aromatic heterocycles. The highest BCUT2D eigenvalue weighted by atomic mass is 19.3. The molecular weight excluding hydrogens is 318 g/mol. The van der Waals surface area contributed by atoms with Crippen LogP contribution >= 0.6 is 0 Å². The predicted octanol–water partition coefficient (Wildman–Crippen LogP) is 2.77. The van der Waals surface area contributed by atoms with E-state index in [1.54, 1.807) is 7.05 Å². The maximum absolute atomic E-state index is 12.8. The fourth-order valence-corrected chi connectivity index (χ4v) is 3.83. The summed E-state index contributed by atoms with van der Waals surface area (Å²) in [4.78, 5) is 17.7. The Morgan fingerprint density at radius 1 is 1.58 bits per heavy atom. The van der Waals surface area contributed by atoms with Crippen LogP contribution in [0.3, 0.4) is 0 Å². The number of carbonyl (C=O) groups excluding carboxylic acids is 1. The van der Waals surface area contributed by atoms with E-state index in [-0.39, 0.29) is 36.0 Å². The second-order valence-corrected chi connectivity index (χ2v) is 6.65. The quantitative estimate of drug-likeness (QED) is 0.865. The zero-order chi connectivity index (χ0) is 17.3. The number of alkyl halides is 2. The molecule has 0 radical (unpaired) electrons. The topological polar surface area (TPSA) is 59.4 Å². The van der Waals surface area contributed by atoms with Gasteiger partial charge < -0.3 is 15.0 Å². The van der Waals surface area contributed by atoms with Crippen LogP contribution in [-0.2, 0) is 11.3 Å². The Bertz CT molecular complexity index is 588. The summed E-state index contributed by atoms with van der Waals surface area (Å²) >= 11 is 0. The number of carbonyl (C=O) groups is 1. The van der Waals surface area contributed by atoms with E-state index in [4.69, 9.17) is 4.74 Å². The molecule has 24 heavy (non-hydrogen) atoms. The van der Waals surface area contributed by atoms with Crippen LogP contribution < -0.4 is 5.32 Å². The molecule has 2 fully saturated rings. The zero-order valence-corrected chi connectivity index (χ0v) is 14.0. The van der Waals surface area contributed by atoms with Crippen LogP contribution in [0, 0.1) is 5.41 Å². The summed E-state index contributed by atoms with van der Waals surface area (Å²) in [6.07, 6.45) is 6.88. The lowest BCUT2D eigenvalue weighted by atomic mass is 9.51. The Hall–Kier alpha value is -1.70. The highest BCUT2D eigenvalue weighted by Gasteiger charge is 2.59. The van der Waals surface area contributed by atoms with E-state index in [1.165, 1.54) is 17.3 Å². The third kappa shape index (κ3) is 2.87. The van der Waals surface area contributed by atoms with Crippen molar-refractivity contribution >= 4 is 6.03 Å². The lowest BCUT2D eigenvalue weighted by Gasteiger charge is -2.61. The molecule has 0 aliphatic heterocycles. The van der Waals surface area contributed by atoms with Crippen molar-refractivity contribution in [1.82, 2.24) is 19.8 Å². The minimum Gasteiger partial charge on any atom is -0.378 e. The standard InChI is InChI=1S/C16H24F2N4O2/c1-3-24-12-9-11(16(12)5-4-6-16)20-15(23)21(2)10-13-19-7-8-22(13)14(17)18/h7-8,11-12,14H,3-6,9-10H2,1-2H3,(H,20,23). The van der Waals surface area contributed by atoms with Gasteiger partial charge >= 0.3 is 12.6 Å². The maximum atomic E-state index is 12.8. The molecule has 0 aromatic carbocycles. The number of halogens is 2. The molecule has 134 valence electrons. The van der Waals surface area contributed by atoms with Gasteiger partial charge in [-0.25, -0.2) is 9.78 Å². The number of nitrogens with zero attached hydrogens (tertiary/aromatic N) is 3. The minimum atomic E-state index is -2.66. The molecule has 0 saturated heterocycles. The Morgan fingerprint density at radius 2 is 2.33 bits per heavy atom. The van der Waals surface area contributed by atoms with Crippen molar-refractivity contribution in [2.24, 2.45) is 5.41 Å². The van der Waals surface area contributed by atoms with Crippen LogP contribution in [0.15, 0.2) is 12.4 Å². The summed E-state index contributed by atoms with van der Waals surface area (Å²) in [6.45, 7) is 0.0499. The first-order chi connectivity index (χ1) is 11.5. The van der Waals surface area contributed by atoms with Gasteiger partial charge in [-0.1, -0.05) is 6.42 Å². The number of hydrogen-bond acceptors (Lipinski definition) is 3. The molecule has 1 spiro atoms. The maximum Gasteiger partial charge on any atom is 0.319 e. The van der Waals surface area contributed by atoms with Crippen LogP contribution in [0.4, 0.5) is 13.6 Å². The van der Waals surface area contributed by atoms with Crippen LogP contribution in [0.25, 0.3) is 0 Å². The van der Waals surface area contributed by atoms with Gasteiger partial charge in [0.15, 0.2) is 0 Å². The second-order valence-electron chi connectivity index (χ2n) is 6.65. The van der Waals surface area contributed by atoms with Gasteiger partial charge in [0.2, 0.25) is 0 Å². The van der Waals surface area contributed by atoms with Crippen LogP contribution in [-0.4, -0.2) is 46.3 Å². The second kappa shape index (κ2) is 6.66. The number of ether oxygens (including phenoxy) is 1. The lowest BCUT2D eigenvalue weighted by Crippen LogP contribution is -2.68. The predicted molar refractivity (Wildman–Crippen MR) is 83.6 cm³/mol. The largest absolute Gasteiger partial charge is 0.378 e. The Labute approximate surface area is 140 Å². The molecule has 1 heterocycles. The first-order valence-electron chi connectivity index (χ1n) is 8.41. The molecule has 2 amide bonds. The van der Waals surface area contributed by atoms with E-state index in [0.717, 1.165) is 30.3 Å². The zero-order valence-electron chi connectivity index (χ0n) is 14.0. The number of urea groups is 1. The number of amides is 2. The van der Waals surface area contributed by atoms with Crippen molar-refractivity contribution in [1.29, 1.82) is 0 Å². The summed E-state index contributed by atoms with van der Waals surface area (Å²) < 4.78 is 32.2. The van der Waals surface area contributed by atoms with Gasteiger partial charge in [-0.05, 0) is 26.2 Å². The van der Waals surface area contributed by atoms with Crippen molar-refractivity contribution in [2.75, 3.05) is 13.7 Å². The van der Waals surface area contributed by atoms with E-state index in [1.807, 2.05) is 6.92 Å². The molecule has 2 aliphatic rings. The van der Waals surface area contributed by atoms with Gasteiger partial charge in [0, 0.05) is 37.5 Å². The number of imidazole rings is 1. The molecule has 3 rings (SSSR count). The highest BCUT2D eigenvalue weighted by Crippen LogP contribution is 2.57. The molecule has 6 nitrogen and oxygen atoms in total. The minimum absolute atomic E-state index is 0.0395. The van der Waals surface area contributed by atoms with Gasteiger partial charge in [0.1, 0.15) is 5.82 Å². The average molecular weight is 342 g/mol. The summed E-state index contributed by atoms with van der Waals surface area (Å²) in [7, 11) is 1.59. The average Bonchev–Trinajstić information content (AvgIpc) is 2.92. The summed E-state index contributed by atoms with van der Waals surface area (Å²) in [5.41, 5.74) is 0.0773. The normalized spacial score (nSPS) is 24.5. The SMILES string of the molecule is CCOC1CC(NC(=O)N(C)Cc2nccn2C(F)F)C12CCC2. The van der Waals surface area contributed by atoms with Gasteiger partial charge in [-0.2, -0.15) is 8.78 Å². The van der Waals surface area contributed by atoms with E-state index < -0.39 is 6.55 Å². The van der Waals surface area contributed by atoms with E-state index in [9.17, 15) is 13.6 Å². The van der Waals surface area contributed by atoms with Gasteiger partial charge in [-0.15, -0.1) is 0 Å². The number of aromatic nitrogens is 2. The van der Waals surface area contributed by atoms with Crippen molar-refractivity contribution < 1.29 is 18.3 Å². The van der Waals surface area contributed by atoms with E-state index in [0.29, 0.717) is 6.61 Å². The van der Waals surface area contributed by atoms with Crippen LogP contribution in [0.5, 0.6) is 0 Å². The third-order valence-corrected chi connectivity index (χ3v) is 5.42. The first kappa shape index (κ1) is 17.1.